The van der Waals surface area contributed by atoms with Crippen LogP contribution in [0.3, 0.4) is 0 Å². The van der Waals surface area contributed by atoms with E-state index >= 15 is 0 Å². The number of benzene rings is 1. The molecule has 0 aliphatic rings. The maximum atomic E-state index is 13.5. The number of halogens is 4. The summed E-state index contributed by atoms with van der Waals surface area (Å²) in [6.45, 7) is 0.932. The lowest BCUT2D eigenvalue weighted by Gasteiger charge is -2.13. The van der Waals surface area contributed by atoms with Crippen molar-refractivity contribution in [2.24, 2.45) is 4.99 Å². The van der Waals surface area contributed by atoms with E-state index in [1.165, 1.54) is 18.3 Å². The quantitative estimate of drug-likeness (QED) is 0.434. The van der Waals surface area contributed by atoms with E-state index in [2.05, 4.69) is 20.6 Å². The molecule has 9 heteroatoms. The fraction of sp³-hybridized carbons (Fsp3) is 0.250. The van der Waals surface area contributed by atoms with Gasteiger partial charge in [0.1, 0.15) is 12.4 Å². The number of hydrogen-bond donors (Lipinski definition) is 2. The summed E-state index contributed by atoms with van der Waals surface area (Å²) in [5.74, 6) is 0.482. The second-order valence-electron chi connectivity index (χ2n) is 4.83. The molecule has 0 radical (unpaired) electrons. The Morgan fingerprint density at radius 2 is 1.96 bits per heavy atom. The zero-order valence-electron chi connectivity index (χ0n) is 13.3. The maximum absolute atomic E-state index is 13.5. The van der Waals surface area contributed by atoms with Crippen LogP contribution in [0.5, 0.6) is 5.75 Å². The Labute approximate surface area is 160 Å². The molecule has 5 nitrogen and oxygen atoms in total. The van der Waals surface area contributed by atoms with Crippen LogP contribution >= 0.6 is 34.8 Å². The van der Waals surface area contributed by atoms with E-state index in [1.807, 2.05) is 0 Å². The van der Waals surface area contributed by atoms with E-state index in [-0.39, 0.29) is 12.4 Å². The van der Waals surface area contributed by atoms with E-state index in [0.29, 0.717) is 45.6 Å². The molecule has 25 heavy (non-hydrogen) atoms. The van der Waals surface area contributed by atoms with E-state index in [9.17, 15) is 4.39 Å². The van der Waals surface area contributed by atoms with Gasteiger partial charge in [0.25, 0.3) is 0 Å². The van der Waals surface area contributed by atoms with Crippen molar-refractivity contribution in [3.63, 3.8) is 0 Å². The van der Waals surface area contributed by atoms with Crippen molar-refractivity contribution in [2.75, 3.05) is 20.2 Å². The minimum Gasteiger partial charge on any atom is -0.489 e. The first kappa shape index (κ1) is 19.6. The lowest BCUT2D eigenvalue weighted by atomic mass is 10.3. The van der Waals surface area contributed by atoms with Crippen LogP contribution in [-0.2, 0) is 6.54 Å². The highest BCUT2D eigenvalue weighted by molar-refractivity contribution is 6.40. The van der Waals surface area contributed by atoms with Gasteiger partial charge in [-0.2, -0.15) is 0 Å². The fourth-order valence-electron chi connectivity index (χ4n) is 1.93. The van der Waals surface area contributed by atoms with E-state index < -0.39 is 0 Å². The molecule has 2 aromatic rings. The van der Waals surface area contributed by atoms with Crippen LogP contribution in [0.25, 0.3) is 0 Å². The SMILES string of the molecule is CN=C(NCCOc1c(Cl)cc(Cl)cc1Cl)NCc1ncccc1F. The molecule has 0 unspecified atom stereocenters. The van der Waals surface area contributed by atoms with Crippen LogP contribution in [0.4, 0.5) is 4.39 Å². The summed E-state index contributed by atoms with van der Waals surface area (Å²) in [4.78, 5) is 8.01. The van der Waals surface area contributed by atoms with Crippen molar-refractivity contribution < 1.29 is 9.13 Å². The second kappa shape index (κ2) is 9.65. The third-order valence-electron chi connectivity index (χ3n) is 3.09. The Hall–Kier alpha value is -1.76. The Morgan fingerprint density at radius 3 is 2.60 bits per heavy atom. The highest BCUT2D eigenvalue weighted by Gasteiger charge is 2.09. The molecule has 1 aromatic carbocycles. The summed E-state index contributed by atoms with van der Waals surface area (Å²) in [5.41, 5.74) is 0.307. The number of guanidine groups is 1. The molecule has 0 fully saturated rings. The number of ether oxygens (including phenoxy) is 1. The summed E-state index contributed by atoms with van der Waals surface area (Å²) in [6.07, 6.45) is 1.53. The average molecular weight is 406 g/mol. The molecule has 0 amide bonds. The summed E-state index contributed by atoms with van der Waals surface area (Å²) >= 11 is 17.9. The van der Waals surface area contributed by atoms with Gasteiger partial charge in [0, 0.05) is 18.3 Å². The second-order valence-corrected chi connectivity index (χ2v) is 6.08. The highest BCUT2D eigenvalue weighted by atomic mass is 35.5. The van der Waals surface area contributed by atoms with Crippen molar-refractivity contribution in [1.29, 1.82) is 0 Å². The Morgan fingerprint density at radius 1 is 1.24 bits per heavy atom. The van der Waals surface area contributed by atoms with Gasteiger partial charge in [-0.3, -0.25) is 9.98 Å². The maximum Gasteiger partial charge on any atom is 0.191 e. The Balaban J connectivity index is 1.79. The Bertz CT molecular complexity index is 735. The van der Waals surface area contributed by atoms with Crippen LogP contribution in [0.15, 0.2) is 35.5 Å². The first-order chi connectivity index (χ1) is 12.0. The molecule has 2 N–H and O–H groups in total. The number of hydrogen-bond acceptors (Lipinski definition) is 3. The van der Waals surface area contributed by atoms with Gasteiger partial charge >= 0.3 is 0 Å². The van der Waals surface area contributed by atoms with Crippen LogP contribution in [0, 0.1) is 5.82 Å². The van der Waals surface area contributed by atoms with Gasteiger partial charge < -0.3 is 15.4 Å². The van der Waals surface area contributed by atoms with Crippen LogP contribution in [0.1, 0.15) is 5.69 Å². The lowest BCUT2D eigenvalue weighted by molar-refractivity contribution is 0.322. The van der Waals surface area contributed by atoms with E-state index in [1.54, 1.807) is 19.2 Å². The molecule has 2 rings (SSSR count). The van der Waals surface area contributed by atoms with Gasteiger partial charge in [0.2, 0.25) is 0 Å². The molecule has 0 atom stereocenters. The van der Waals surface area contributed by atoms with Gasteiger partial charge in [0.05, 0.1) is 28.8 Å². The Kier molecular flexibility index (Phi) is 7.55. The first-order valence-electron chi connectivity index (χ1n) is 7.32. The van der Waals surface area contributed by atoms with Gasteiger partial charge in [-0.05, 0) is 24.3 Å². The molecule has 1 heterocycles. The number of aromatic nitrogens is 1. The third-order valence-corrected chi connectivity index (χ3v) is 3.87. The minimum absolute atomic E-state index is 0.210. The van der Waals surface area contributed by atoms with E-state index in [4.69, 9.17) is 39.5 Å². The largest absolute Gasteiger partial charge is 0.489 e. The number of aliphatic imine (C=N–C) groups is 1. The predicted molar refractivity (Wildman–Crippen MR) is 99.4 cm³/mol. The zero-order chi connectivity index (χ0) is 18.2. The molecule has 0 aliphatic heterocycles. The summed E-state index contributed by atoms with van der Waals surface area (Å²) in [6, 6.07) is 6.00. The molecule has 0 saturated heterocycles. The van der Waals surface area contributed by atoms with Crippen molar-refractivity contribution >= 4 is 40.8 Å². The van der Waals surface area contributed by atoms with Crippen LogP contribution < -0.4 is 15.4 Å². The molecule has 0 spiro atoms. The van der Waals surface area contributed by atoms with Gasteiger partial charge in [-0.1, -0.05) is 34.8 Å². The van der Waals surface area contributed by atoms with Crippen molar-refractivity contribution in [1.82, 2.24) is 15.6 Å². The number of nitrogens with zero attached hydrogens (tertiary/aromatic N) is 2. The summed E-state index contributed by atoms with van der Waals surface area (Å²) < 4.78 is 19.1. The van der Waals surface area contributed by atoms with Crippen molar-refractivity contribution in [3.05, 3.63) is 57.0 Å². The van der Waals surface area contributed by atoms with Gasteiger partial charge in [0.15, 0.2) is 11.7 Å². The molecule has 134 valence electrons. The lowest BCUT2D eigenvalue weighted by Crippen LogP contribution is -2.39. The zero-order valence-corrected chi connectivity index (χ0v) is 15.6. The standard InChI is InChI=1S/C16H16Cl3FN4O/c1-21-16(24-9-14-13(20)3-2-4-22-14)23-5-6-25-15-11(18)7-10(17)8-12(15)19/h2-4,7-8H,5-6,9H2,1H3,(H2,21,23,24). The number of nitrogens with one attached hydrogen (secondary N) is 2. The van der Waals surface area contributed by atoms with Gasteiger partial charge in [-0.25, -0.2) is 4.39 Å². The smallest absolute Gasteiger partial charge is 0.191 e. The summed E-state index contributed by atoms with van der Waals surface area (Å²) in [7, 11) is 1.61. The van der Waals surface area contributed by atoms with Crippen molar-refractivity contribution in [2.45, 2.75) is 6.54 Å². The third kappa shape index (κ3) is 5.92. The molecular formula is C16H16Cl3FN4O. The molecule has 0 aliphatic carbocycles. The average Bonchev–Trinajstić information content (AvgIpc) is 2.57. The fourth-order valence-corrected chi connectivity index (χ4v) is 2.85. The predicted octanol–water partition coefficient (Wildman–Crippen LogP) is 3.92. The molecule has 0 bridgehead atoms. The van der Waals surface area contributed by atoms with E-state index in [0.717, 1.165) is 0 Å². The number of pyridine rings is 1. The number of rotatable bonds is 6. The molecule has 0 saturated carbocycles. The minimum atomic E-state index is -0.374. The van der Waals surface area contributed by atoms with Crippen molar-refractivity contribution in [3.8, 4) is 5.75 Å². The molecule has 1 aromatic heterocycles. The van der Waals surface area contributed by atoms with Crippen LogP contribution in [-0.4, -0.2) is 31.1 Å². The normalized spacial score (nSPS) is 11.3. The summed E-state index contributed by atoms with van der Waals surface area (Å²) in [5, 5.41) is 7.11. The van der Waals surface area contributed by atoms with Gasteiger partial charge in [-0.15, -0.1) is 0 Å². The first-order valence-corrected chi connectivity index (χ1v) is 8.46. The monoisotopic (exact) mass is 404 g/mol. The highest BCUT2D eigenvalue weighted by Crippen LogP contribution is 2.35. The van der Waals surface area contributed by atoms with Crippen LogP contribution in [0.2, 0.25) is 15.1 Å². The topological polar surface area (TPSA) is 58.5 Å². The molecular weight excluding hydrogens is 390 g/mol.